The molecule has 2 atom stereocenters. The summed E-state index contributed by atoms with van der Waals surface area (Å²) < 4.78 is 0. The van der Waals surface area contributed by atoms with Gasteiger partial charge in [0.25, 0.3) is 0 Å². The Hall–Kier alpha value is -1.52. The minimum Gasteiger partial charge on any atom is -0.310 e. The molecule has 0 radical (unpaired) electrons. The van der Waals surface area contributed by atoms with Crippen LogP contribution in [0.3, 0.4) is 0 Å². The Bertz CT molecular complexity index is 473. The van der Waals surface area contributed by atoms with Gasteiger partial charge in [-0.15, -0.1) is 0 Å². The van der Waals surface area contributed by atoms with Crippen LogP contribution in [0.4, 0.5) is 0 Å². The Balaban J connectivity index is 2.03. The summed E-state index contributed by atoms with van der Waals surface area (Å²) in [7, 11) is 3.64. The summed E-state index contributed by atoms with van der Waals surface area (Å²) in [6.45, 7) is 0.895. The normalized spacial score (nSPS) is 20.8. The van der Waals surface area contributed by atoms with Crippen molar-refractivity contribution in [3.63, 3.8) is 0 Å². The van der Waals surface area contributed by atoms with Crippen molar-refractivity contribution >= 4 is 11.6 Å². The van der Waals surface area contributed by atoms with Gasteiger partial charge < -0.3 is 5.32 Å². The third-order valence-electron chi connectivity index (χ3n) is 4.01. The van der Waals surface area contributed by atoms with E-state index >= 15 is 0 Å². The number of rotatable bonds is 6. The average molecular weight is 274 g/mol. The predicted molar refractivity (Wildman–Crippen MR) is 78.7 cm³/mol. The number of likely N-dealkylation sites (N-methyl/N-ethyl adjacent to an activating group) is 2. The number of ketones is 2. The molecule has 1 aromatic rings. The molecule has 0 bridgehead atoms. The van der Waals surface area contributed by atoms with Crippen LogP contribution in [0.1, 0.15) is 18.4 Å². The van der Waals surface area contributed by atoms with Gasteiger partial charge in [-0.3, -0.25) is 14.5 Å². The van der Waals surface area contributed by atoms with Gasteiger partial charge in [-0.2, -0.15) is 0 Å². The summed E-state index contributed by atoms with van der Waals surface area (Å²) in [5.41, 5.74) is 1.06. The lowest BCUT2D eigenvalue weighted by Gasteiger charge is -2.20. The highest BCUT2D eigenvalue weighted by molar-refractivity contribution is 6.41. The number of hydrogen-bond acceptors (Lipinski definition) is 4. The maximum atomic E-state index is 12.4. The van der Waals surface area contributed by atoms with Crippen LogP contribution in [0.5, 0.6) is 0 Å². The van der Waals surface area contributed by atoms with Gasteiger partial charge in [0.2, 0.25) is 11.6 Å². The van der Waals surface area contributed by atoms with Crippen LogP contribution in [-0.4, -0.2) is 49.2 Å². The first-order valence-corrected chi connectivity index (χ1v) is 7.13. The van der Waals surface area contributed by atoms with Gasteiger partial charge in [0, 0.05) is 0 Å². The quantitative estimate of drug-likeness (QED) is 0.788. The zero-order valence-electron chi connectivity index (χ0n) is 12.1. The second-order valence-corrected chi connectivity index (χ2v) is 5.40. The maximum absolute atomic E-state index is 12.4. The molecule has 1 aliphatic rings. The van der Waals surface area contributed by atoms with Crippen molar-refractivity contribution in [1.29, 1.82) is 0 Å². The zero-order chi connectivity index (χ0) is 14.5. The molecule has 1 fully saturated rings. The molecule has 1 aromatic carbocycles. The van der Waals surface area contributed by atoms with Crippen molar-refractivity contribution < 1.29 is 9.59 Å². The number of likely N-dealkylation sites (tertiary alicyclic amines) is 1. The minimum absolute atomic E-state index is 0.228. The number of hydrogen-bond donors (Lipinski definition) is 1. The molecule has 0 saturated carbocycles. The van der Waals surface area contributed by atoms with Crippen LogP contribution in [0.15, 0.2) is 30.3 Å². The van der Waals surface area contributed by atoms with Gasteiger partial charge >= 0.3 is 0 Å². The second-order valence-electron chi connectivity index (χ2n) is 5.40. The molecule has 2 rings (SSSR count). The number of benzene rings is 1. The fourth-order valence-electron chi connectivity index (χ4n) is 2.75. The van der Waals surface area contributed by atoms with Gasteiger partial charge in [0.05, 0.1) is 12.1 Å². The molecule has 108 valence electrons. The van der Waals surface area contributed by atoms with Crippen molar-refractivity contribution in [3.8, 4) is 0 Å². The van der Waals surface area contributed by atoms with Gasteiger partial charge in [-0.1, -0.05) is 30.3 Å². The van der Waals surface area contributed by atoms with Crippen LogP contribution in [-0.2, 0) is 16.0 Å². The molecule has 0 aliphatic carbocycles. The summed E-state index contributed by atoms with van der Waals surface area (Å²) >= 11 is 0. The van der Waals surface area contributed by atoms with Crippen molar-refractivity contribution in [2.24, 2.45) is 0 Å². The highest BCUT2D eigenvalue weighted by Gasteiger charge is 2.35. The van der Waals surface area contributed by atoms with Crippen LogP contribution < -0.4 is 5.32 Å². The Morgan fingerprint density at radius 1 is 1.35 bits per heavy atom. The van der Waals surface area contributed by atoms with Crippen molar-refractivity contribution in [2.75, 3.05) is 20.6 Å². The minimum atomic E-state index is -0.432. The average Bonchev–Trinajstić information content (AvgIpc) is 2.90. The van der Waals surface area contributed by atoms with E-state index in [-0.39, 0.29) is 17.6 Å². The maximum Gasteiger partial charge on any atom is 0.217 e. The first-order valence-electron chi connectivity index (χ1n) is 7.13. The molecule has 1 aliphatic heterocycles. The van der Waals surface area contributed by atoms with Gasteiger partial charge in [-0.25, -0.2) is 0 Å². The SMILES string of the molecule is CN[C@@H](Cc1ccccc1)C(=O)C(=O)[C@@H]1CCCN1C. The smallest absolute Gasteiger partial charge is 0.217 e. The molecule has 0 aromatic heterocycles. The van der Waals surface area contributed by atoms with Crippen molar-refractivity contribution in [2.45, 2.75) is 31.3 Å². The van der Waals surface area contributed by atoms with Crippen molar-refractivity contribution in [1.82, 2.24) is 10.2 Å². The summed E-state index contributed by atoms with van der Waals surface area (Å²) in [4.78, 5) is 26.7. The first kappa shape index (κ1) is 14.9. The summed E-state index contributed by atoms with van der Waals surface area (Å²) in [5, 5.41) is 2.98. The zero-order valence-corrected chi connectivity index (χ0v) is 12.1. The molecule has 1 saturated heterocycles. The fourth-order valence-corrected chi connectivity index (χ4v) is 2.75. The van der Waals surface area contributed by atoms with E-state index in [1.807, 2.05) is 42.3 Å². The lowest BCUT2D eigenvalue weighted by molar-refractivity contribution is -0.140. The Morgan fingerprint density at radius 3 is 2.60 bits per heavy atom. The lowest BCUT2D eigenvalue weighted by atomic mass is 9.96. The molecule has 0 amide bonds. The highest BCUT2D eigenvalue weighted by Crippen LogP contribution is 2.17. The fraction of sp³-hybridized carbons (Fsp3) is 0.500. The number of Topliss-reactive ketones (excluding diaryl/α,β-unsaturated/α-hetero) is 2. The molecular weight excluding hydrogens is 252 g/mol. The van der Waals surface area contributed by atoms with E-state index in [0.717, 1.165) is 24.9 Å². The molecule has 1 heterocycles. The topological polar surface area (TPSA) is 49.4 Å². The molecule has 0 unspecified atom stereocenters. The van der Waals surface area contributed by atoms with E-state index < -0.39 is 6.04 Å². The first-order chi connectivity index (χ1) is 9.63. The van der Waals surface area contributed by atoms with Crippen LogP contribution >= 0.6 is 0 Å². The number of nitrogens with one attached hydrogen (secondary N) is 1. The molecule has 4 heteroatoms. The Kier molecular flexibility index (Phi) is 5.04. The summed E-state index contributed by atoms with van der Waals surface area (Å²) in [6, 6.07) is 9.12. The molecule has 20 heavy (non-hydrogen) atoms. The number of nitrogens with zero attached hydrogens (tertiary/aromatic N) is 1. The van der Waals surface area contributed by atoms with E-state index in [0.29, 0.717) is 6.42 Å². The standard InChI is InChI=1S/C16H22N2O2/c1-17-13(11-12-7-4-3-5-8-12)15(19)16(20)14-9-6-10-18(14)2/h3-5,7-8,13-14,17H,6,9-11H2,1-2H3/t13-,14-/m0/s1. The Morgan fingerprint density at radius 2 is 2.05 bits per heavy atom. The molecule has 4 nitrogen and oxygen atoms in total. The van der Waals surface area contributed by atoms with Crippen LogP contribution in [0.25, 0.3) is 0 Å². The van der Waals surface area contributed by atoms with Crippen LogP contribution in [0, 0.1) is 0 Å². The molecule has 0 spiro atoms. The number of carbonyl (C=O) groups excluding carboxylic acids is 2. The predicted octanol–water partition coefficient (Wildman–Crippen LogP) is 1.05. The summed E-state index contributed by atoms with van der Waals surface area (Å²) in [6.07, 6.45) is 2.34. The van der Waals surface area contributed by atoms with E-state index in [9.17, 15) is 9.59 Å². The van der Waals surface area contributed by atoms with Gasteiger partial charge in [-0.05, 0) is 45.5 Å². The molecule has 1 N–H and O–H groups in total. The van der Waals surface area contributed by atoms with Crippen LogP contribution in [0.2, 0.25) is 0 Å². The second kappa shape index (κ2) is 6.77. The van der Waals surface area contributed by atoms with Gasteiger partial charge in [0.1, 0.15) is 0 Å². The third-order valence-corrected chi connectivity index (χ3v) is 4.01. The number of carbonyl (C=O) groups is 2. The molecular formula is C16H22N2O2. The van der Waals surface area contributed by atoms with Gasteiger partial charge in [0.15, 0.2) is 0 Å². The largest absolute Gasteiger partial charge is 0.310 e. The Labute approximate surface area is 120 Å². The third kappa shape index (κ3) is 3.32. The highest BCUT2D eigenvalue weighted by atomic mass is 16.2. The van der Waals surface area contributed by atoms with Crippen molar-refractivity contribution in [3.05, 3.63) is 35.9 Å². The lowest BCUT2D eigenvalue weighted by Crippen LogP contribution is -2.46. The van der Waals surface area contributed by atoms with E-state index in [1.165, 1.54) is 0 Å². The van der Waals surface area contributed by atoms with E-state index in [1.54, 1.807) is 7.05 Å². The van der Waals surface area contributed by atoms with E-state index in [2.05, 4.69) is 5.32 Å². The summed E-state index contributed by atoms with van der Waals surface area (Å²) in [5.74, 6) is -0.546. The monoisotopic (exact) mass is 274 g/mol. The van der Waals surface area contributed by atoms with E-state index in [4.69, 9.17) is 0 Å².